The fraction of sp³-hybridized carbons (Fsp3) is 0.692. The first-order chi connectivity index (χ1) is 9.94. The number of aliphatic hydroxyl groups is 1. The molecule has 0 bridgehead atoms. The van der Waals surface area contributed by atoms with Gasteiger partial charge in [-0.3, -0.25) is 0 Å². The van der Waals surface area contributed by atoms with Crippen molar-refractivity contribution >= 4 is 37.3 Å². The van der Waals surface area contributed by atoms with Crippen molar-refractivity contribution in [1.29, 1.82) is 0 Å². The van der Waals surface area contributed by atoms with Crippen LogP contribution >= 0.6 is 27.3 Å². The highest BCUT2D eigenvalue weighted by Gasteiger charge is 2.22. The molecule has 0 aromatic carbocycles. The molecule has 0 saturated heterocycles. The van der Waals surface area contributed by atoms with E-state index in [0.717, 1.165) is 0 Å². The van der Waals surface area contributed by atoms with E-state index in [0.29, 0.717) is 27.8 Å². The van der Waals surface area contributed by atoms with Gasteiger partial charge < -0.3 is 10.0 Å². The van der Waals surface area contributed by atoms with Crippen molar-refractivity contribution in [1.82, 2.24) is 9.62 Å². The molecule has 5 nitrogen and oxygen atoms in total. The first kappa shape index (κ1) is 17.4. The standard InChI is InChI=1S/C13H21BrN2O3S2/c1-16(10-4-2-3-5-10)7-6-15-21(18,19)12-8-11(9-17)20-13(12)14/h8,10,15,17H,2-7,9H2,1H3. The Morgan fingerprint density at radius 3 is 2.71 bits per heavy atom. The third kappa shape index (κ3) is 4.49. The van der Waals surface area contributed by atoms with Gasteiger partial charge in [0.2, 0.25) is 10.0 Å². The van der Waals surface area contributed by atoms with Crippen LogP contribution in [0.15, 0.2) is 14.7 Å². The van der Waals surface area contributed by atoms with E-state index in [1.807, 2.05) is 0 Å². The van der Waals surface area contributed by atoms with Gasteiger partial charge in [0.25, 0.3) is 0 Å². The molecule has 1 fully saturated rings. The number of thiophene rings is 1. The molecule has 120 valence electrons. The predicted molar refractivity (Wildman–Crippen MR) is 88.0 cm³/mol. The Labute approximate surface area is 138 Å². The first-order valence-corrected chi connectivity index (χ1v) is 10.1. The number of hydrogen-bond acceptors (Lipinski definition) is 5. The first-order valence-electron chi connectivity index (χ1n) is 7.03. The lowest BCUT2D eigenvalue weighted by Gasteiger charge is -2.23. The minimum absolute atomic E-state index is 0.150. The van der Waals surface area contributed by atoms with Crippen LogP contribution in [0.2, 0.25) is 0 Å². The summed E-state index contributed by atoms with van der Waals surface area (Å²) < 4.78 is 27.7. The lowest BCUT2D eigenvalue weighted by Crippen LogP contribution is -2.37. The minimum atomic E-state index is -3.52. The van der Waals surface area contributed by atoms with Crippen LogP contribution in [0.3, 0.4) is 0 Å². The van der Waals surface area contributed by atoms with E-state index in [4.69, 9.17) is 5.11 Å². The molecule has 0 amide bonds. The van der Waals surface area contributed by atoms with E-state index in [-0.39, 0.29) is 11.5 Å². The van der Waals surface area contributed by atoms with Crippen LogP contribution in [0.25, 0.3) is 0 Å². The smallest absolute Gasteiger partial charge is 0.242 e. The van der Waals surface area contributed by atoms with Crippen LogP contribution in [0.1, 0.15) is 30.6 Å². The van der Waals surface area contributed by atoms with Crippen molar-refractivity contribution in [3.63, 3.8) is 0 Å². The van der Waals surface area contributed by atoms with E-state index >= 15 is 0 Å². The van der Waals surface area contributed by atoms with Gasteiger partial charge in [-0.1, -0.05) is 12.8 Å². The molecule has 1 aliphatic rings. The number of aliphatic hydroxyl groups excluding tert-OH is 1. The van der Waals surface area contributed by atoms with Gasteiger partial charge in [-0.2, -0.15) is 0 Å². The summed E-state index contributed by atoms with van der Waals surface area (Å²) in [5, 5.41) is 9.08. The molecular weight excluding hydrogens is 376 g/mol. The van der Waals surface area contributed by atoms with Crippen LogP contribution in [-0.4, -0.2) is 44.6 Å². The van der Waals surface area contributed by atoms with Crippen LogP contribution in [0.5, 0.6) is 0 Å². The summed E-state index contributed by atoms with van der Waals surface area (Å²) in [4.78, 5) is 3.07. The minimum Gasteiger partial charge on any atom is -0.391 e. The van der Waals surface area contributed by atoms with E-state index in [1.54, 1.807) is 0 Å². The monoisotopic (exact) mass is 396 g/mol. The van der Waals surface area contributed by atoms with Crippen molar-refractivity contribution in [2.45, 2.75) is 43.2 Å². The van der Waals surface area contributed by atoms with E-state index < -0.39 is 10.0 Å². The van der Waals surface area contributed by atoms with E-state index in [2.05, 4.69) is 32.6 Å². The highest BCUT2D eigenvalue weighted by molar-refractivity contribution is 9.11. The number of nitrogens with zero attached hydrogens (tertiary/aromatic N) is 1. The lowest BCUT2D eigenvalue weighted by molar-refractivity contribution is 0.250. The highest BCUT2D eigenvalue weighted by atomic mass is 79.9. The van der Waals surface area contributed by atoms with Crippen LogP contribution in [-0.2, 0) is 16.6 Å². The van der Waals surface area contributed by atoms with Gasteiger partial charge in [-0.15, -0.1) is 11.3 Å². The zero-order valence-electron chi connectivity index (χ0n) is 12.0. The van der Waals surface area contributed by atoms with Crippen LogP contribution < -0.4 is 4.72 Å². The van der Waals surface area contributed by atoms with E-state index in [1.165, 1.54) is 43.1 Å². The van der Waals surface area contributed by atoms with Gasteiger partial charge in [0.05, 0.1) is 10.4 Å². The SMILES string of the molecule is CN(CCNS(=O)(=O)c1cc(CO)sc1Br)C1CCCC1. The second-order valence-electron chi connectivity index (χ2n) is 5.33. The second-order valence-corrected chi connectivity index (χ2v) is 9.52. The summed E-state index contributed by atoms with van der Waals surface area (Å²) in [6.45, 7) is 0.952. The number of likely N-dealkylation sites (N-methyl/N-ethyl adjacent to an activating group) is 1. The van der Waals surface area contributed by atoms with Gasteiger partial charge in [-0.25, -0.2) is 13.1 Å². The molecule has 0 unspecified atom stereocenters. The molecule has 0 atom stereocenters. The van der Waals surface area contributed by atoms with Crippen LogP contribution in [0, 0.1) is 0 Å². The number of rotatable bonds is 7. The molecule has 0 radical (unpaired) electrons. The van der Waals surface area contributed by atoms with Crippen molar-refractivity contribution in [2.75, 3.05) is 20.1 Å². The Morgan fingerprint density at radius 2 is 2.14 bits per heavy atom. The maximum Gasteiger partial charge on any atom is 0.242 e. The Balaban J connectivity index is 1.90. The summed E-state index contributed by atoms with van der Waals surface area (Å²) in [5.74, 6) is 0. The van der Waals surface area contributed by atoms with Crippen molar-refractivity contribution in [2.24, 2.45) is 0 Å². The predicted octanol–water partition coefficient (Wildman–Crippen LogP) is 2.16. The Hall–Kier alpha value is 0.01000. The molecule has 1 saturated carbocycles. The van der Waals surface area contributed by atoms with Crippen LogP contribution in [0.4, 0.5) is 0 Å². The second kappa shape index (κ2) is 7.52. The maximum atomic E-state index is 12.3. The zero-order valence-corrected chi connectivity index (χ0v) is 15.2. The quantitative estimate of drug-likeness (QED) is 0.740. The molecule has 0 aliphatic heterocycles. The van der Waals surface area contributed by atoms with Gasteiger partial charge in [0.1, 0.15) is 4.90 Å². The number of nitrogens with one attached hydrogen (secondary N) is 1. The van der Waals surface area contributed by atoms with Gasteiger partial charge in [0.15, 0.2) is 0 Å². The number of sulfonamides is 1. The molecular formula is C13H21BrN2O3S2. The Bertz CT molecular complexity index is 568. The zero-order chi connectivity index (χ0) is 15.5. The summed E-state index contributed by atoms with van der Waals surface area (Å²) in [7, 11) is -1.47. The molecule has 2 rings (SSSR count). The normalized spacial score (nSPS) is 17.0. The van der Waals surface area contributed by atoms with Gasteiger partial charge >= 0.3 is 0 Å². The van der Waals surface area contributed by atoms with Gasteiger partial charge in [0, 0.05) is 24.0 Å². The Kier molecular flexibility index (Phi) is 6.22. The van der Waals surface area contributed by atoms with Gasteiger partial charge in [-0.05, 0) is 41.9 Å². The molecule has 8 heteroatoms. The summed E-state index contributed by atoms with van der Waals surface area (Å²) in [6.07, 6.45) is 4.96. The molecule has 0 spiro atoms. The maximum absolute atomic E-state index is 12.3. The molecule has 1 aromatic heterocycles. The average Bonchev–Trinajstić information content (AvgIpc) is 3.07. The molecule has 1 heterocycles. The molecule has 2 N–H and O–H groups in total. The third-order valence-electron chi connectivity index (χ3n) is 3.86. The Morgan fingerprint density at radius 1 is 1.48 bits per heavy atom. The molecule has 1 aromatic rings. The highest BCUT2D eigenvalue weighted by Crippen LogP contribution is 2.31. The molecule has 21 heavy (non-hydrogen) atoms. The lowest BCUT2D eigenvalue weighted by atomic mass is 10.2. The van der Waals surface area contributed by atoms with Crippen molar-refractivity contribution in [3.05, 3.63) is 14.7 Å². The summed E-state index contributed by atoms with van der Waals surface area (Å²) in [5.41, 5.74) is 0. The van der Waals surface area contributed by atoms with E-state index in [9.17, 15) is 8.42 Å². The fourth-order valence-electron chi connectivity index (χ4n) is 2.62. The number of hydrogen-bond donors (Lipinski definition) is 2. The third-order valence-corrected chi connectivity index (χ3v) is 7.55. The summed E-state index contributed by atoms with van der Waals surface area (Å²) in [6, 6.07) is 2.10. The summed E-state index contributed by atoms with van der Waals surface area (Å²) >= 11 is 4.48. The number of halogens is 1. The van der Waals surface area contributed by atoms with Crippen molar-refractivity contribution < 1.29 is 13.5 Å². The fourth-order valence-corrected chi connectivity index (χ4v) is 6.18. The van der Waals surface area contributed by atoms with Crippen molar-refractivity contribution in [3.8, 4) is 0 Å². The largest absolute Gasteiger partial charge is 0.391 e. The topological polar surface area (TPSA) is 69.6 Å². The average molecular weight is 397 g/mol. The molecule has 1 aliphatic carbocycles.